The number of aryl methyl sites for hydroxylation is 1. The number of amides is 1. The summed E-state index contributed by atoms with van der Waals surface area (Å²) in [6, 6.07) is 0. The van der Waals surface area contributed by atoms with Crippen LogP contribution >= 0.6 is 11.3 Å². The van der Waals surface area contributed by atoms with Crippen molar-refractivity contribution in [3.05, 3.63) is 16.1 Å². The molecule has 0 aliphatic rings. The molecule has 0 saturated heterocycles. The topological polar surface area (TPSA) is 79.3 Å². The van der Waals surface area contributed by atoms with Crippen molar-refractivity contribution in [2.75, 3.05) is 0 Å². The summed E-state index contributed by atoms with van der Waals surface area (Å²) in [5.41, 5.74) is 0. The van der Waals surface area contributed by atoms with Gasteiger partial charge in [-0.3, -0.25) is 9.59 Å². The monoisotopic (exact) mass is 214 g/mol. The highest BCUT2D eigenvalue weighted by atomic mass is 32.1. The van der Waals surface area contributed by atoms with E-state index in [9.17, 15) is 9.59 Å². The van der Waals surface area contributed by atoms with Gasteiger partial charge >= 0.3 is 5.97 Å². The Morgan fingerprint density at radius 2 is 2.36 bits per heavy atom. The highest BCUT2D eigenvalue weighted by Gasteiger charge is 2.07. The summed E-state index contributed by atoms with van der Waals surface area (Å²) in [7, 11) is 0. The van der Waals surface area contributed by atoms with E-state index in [1.807, 2.05) is 6.92 Å². The molecule has 5 nitrogen and oxygen atoms in total. The number of aliphatic carboxylic acids is 1. The Bertz CT molecular complexity index is 348. The summed E-state index contributed by atoms with van der Waals surface area (Å²) in [4.78, 5) is 26.0. The largest absolute Gasteiger partial charge is 0.481 e. The number of carbonyl (C=O) groups is 2. The molecular weight excluding hydrogens is 204 g/mol. The zero-order valence-electron chi connectivity index (χ0n) is 7.61. The van der Waals surface area contributed by atoms with Crippen LogP contribution in [0.2, 0.25) is 0 Å². The van der Waals surface area contributed by atoms with Gasteiger partial charge < -0.3 is 10.4 Å². The Hall–Kier alpha value is -1.43. The van der Waals surface area contributed by atoms with Crippen LogP contribution in [0.25, 0.3) is 0 Å². The van der Waals surface area contributed by atoms with Gasteiger partial charge in [0.05, 0.1) is 11.6 Å². The number of carbonyl (C=O) groups excluding carboxylic acids is 1. The van der Waals surface area contributed by atoms with E-state index < -0.39 is 18.3 Å². The van der Waals surface area contributed by atoms with Crippen LogP contribution in [0.4, 0.5) is 0 Å². The van der Waals surface area contributed by atoms with Gasteiger partial charge in [0, 0.05) is 11.1 Å². The molecule has 0 fully saturated rings. The lowest BCUT2D eigenvalue weighted by Gasteiger charge is -1.99. The first-order chi connectivity index (χ1) is 6.58. The maximum atomic E-state index is 10.9. The summed E-state index contributed by atoms with van der Waals surface area (Å²) < 4.78 is 0. The summed E-state index contributed by atoms with van der Waals surface area (Å²) in [5.74, 6) is -1.61. The van der Waals surface area contributed by atoms with Crippen LogP contribution in [-0.2, 0) is 16.1 Å². The van der Waals surface area contributed by atoms with Gasteiger partial charge in [-0.2, -0.15) is 0 Å². The van der Waals surface area contributed by atoms with Crippen LogP contribution in [0.5, 0.6) is 0 Å². The number of thiazole rings is 1. The van der Waals surface area contributed by atoms with E-state index in [2.05, 4.69) is 10.3 Å². The van der Waals surface area contributed by atoms with Gasteiger partial charge in [-0.15, -0.1) is 11.3 Å². The predicted octanol–water partition coefficient (Wildman–Crippen LogP) is 0.542. The molecule has 2 N–H and O–H groups in total. The van der Waals surface area contributed by atoms with Crippen LogP contribution in [0.15, 0.2) is 6.20 Å². The van der Waals surface area contributed by atoms with Crippen LogP contribution in [0, 0.1) is 6.92 Å². The van der Waals surface area contributed by atoms with Crippen molar-refractivity contribution in [3.63, 3.8) is 0 Å². The Morgan fingerprint density at radius 1 is 1.64 bits per heavy atom. The molecule has 76 valence electrons. The fourth-order valence-corrected chi connectivity index (χ4v) is 1.61. The Kier molecular flexibility index (Phi) is 3.58. The van der Waals surface area contributed by atoms with Crippen molar-refractivity contribution < 1.29 is 14.7 Å². The van der Waals surface area contributed by atoms with E-state index in [1.165, 1.54) is 11.3 Å². The number of carboxylic acid groups (broad SMARTS) is 1. The Morgan fingerprint density at radius 3 is 2.86 bits per heavy atom. The number of aromatic nitrogens is 1. The van der Waals surface area contributed by atoms with Crippen LogP contribution < -0.4 is 5.32 Å². The smallest absolute Gasteiger partial charge is 0.312 e. The normalized spacial score (nSPS) is 9.79. The highest BCUT2D eigenvalue weighted by molar-refractivity contribution is 7.11. The SMILES string of the molecule is Cc1ncc(CNC(=O)CC(=O)O)s1. The van der Waals surface area contributed by atoms with E-state index in [4.69, 9.17) is 5.11 Å². The predicted molar refractivity (Wildman–Crippen MR) is 51.0 cm³/mol. The number of carboxylic acids is 1. The molecule has 0 radical (unpaired) electrons. The standard InChI is InChI=1S/C8H10N2O3S/c1-5-9-3-6(14-5)4-10-7(11)2-8(12)13/h3H,2,4H2,1H3,(H,10,11)(H,12,13). The van der Waals surface area contributed by atoms with Crippen molar-refractivity contribution in [1.29, 1.82) is 0 Å². The fourth-order valence-electron chi connectivity index (χ4n) is 0.873. The molecule has 0 bridgehead atoms. The molecule has 1 aromatic heterocycles. The van der Waals surface area contributed by atoms with Gasteiger partial charge in [0.2, 0.25) is 5.91 Å². The first kappa shape index (κ1) is 10.6. The summed E-state index contributed by atoms with van der Waals surface area (Å²) in [6.07, 6.45) is 1.18. The molecule has 1 rings (SSSR count). The molecule has 1 aromatic rings. The molecule has 0 spiro atoms. The lowest BCUT2D eigenvalue weighted by Crippen LogP contribution is -2.24. The zero-order valence-corrected chi connectivity index (χ0v) is 8.43. The van der Waals surface area contributed by atoms with E-state index in [0.717, 1.165) is 9.88 Å². The number of hydrogen-bond donors (Lipinski definition) is 2. The average Bonchev–Trinajstić information content (AvgIpc) is 2.47. The summed E-state index contributed by atoms with van der Waals surface area (Å²) in [6.45, 7) is 2.21. The molecule has 0 aromatic carbocycles. The number of nitrogens with zero attached hydrogens (tertiary/aromatic N) is 1. The van der Waals surface area contributed by atoms with Crippen molar-refractivity contribution in [2.24, 2.45) is 0 Å². The average molecular weight is 214 g/mol. The van der Waals surface area contributed by atoms with Crippen molar-refractivity contribution in [3.8, 4) is 0 Å². The zero-order chi connectivity index (χ0) is 10.6. The molecule has 1 amide bonds. The Balaban J connectivity index is 2.34. The first-order valence-electron chi connectivity index (χ1n) is 3.97. The van der Waals surface area contributed by atoms with E-state index >= 15 is 0 Å². The van der Waals surface area contributed by atoms with Gasteiger partial charge in [-0.1, -0.05) is 0 Å². The van der Waals surface area contributed by atoms with Gasteiger partial charge in [0.25, 0.3) is 0 Å². The lowest BCUT2D eigenvalue weighted by atomic mass is 10.4. The Labute approximate surface area is 84.8 Å². The minimum absolute atomic E-state index is 0.345. The number of hydrogen-bond acceptors (Lipinski definition) is 4. The van der Waals surface area contributed by atoms with E-state index in [0.29, 0.717) is 6.54 Å². The van der Waals surface area contributed by atoms with Gasteiger partial charge in [-0.25, -0.2) is 4.98 Å². The van der Waals surface area contributed by atoms with Crippen molar-refractivity contribution in [1.82, 2.24) is 10.3 Å². The third-order valence-electron chi connectivity index (χ3n) is 1.44. The second-order valence-electron chi connectivity index (χ2n) is 2.69. The minimum atomic E-state index is -1.12. The van der Waals surface area contributed by atoms with E-state index in [-0.39, 0.29) is 0 Å². The lowest BCUT2D eigenvalue weighted by molar-refractivity contribution is -0.140. The van der Waals surface area contributed by atoms with Crippen LogP contribution in [0.1, 0.15) is 16.3 Å². The third-order valence-corrected chi connectivity index (χ3v) is 2.35. The van der Waals surface area contributed by atoms with Crippen LogP contribution in [0.3, 0.4) is 0 Å². The molecule has 0 aliphatic carbocycles. The van der Waals surface area contributed by atoms with Crippen molar-refractivity contribution in [2.45, 2.75) is 19.9 Å². The number of rotatable bonds is 4. The second kappa shape index (κ2) is 4.71. The summed E-state index contributed by atoms with van der Waals surface area (Å²) in [5, 5.41) is 11.7. The molecule has 0 atom stereocenters. The highest BCUT2D eigenvalue weighted by Crippen LogP contribution is 2.10. The van der Waals surface area contributed by atoms with Crippen molar-refractivity contribution >= 4 is 23.2 Å². The molecule has 1 heterocycles. The quantitative estimate of drug-likeness (QED) is 0.717. The van der Waals surface area contributed by atoms with E-state index in [1.54, 1.807) is 6.20 Å². The molecule has 0 aliphatic heterocycles. The first-order valence-corrected chi connectivity index (χ1v) is 4.79. The molecule has 0 saturated carbocycles. The maximum absolute atomic E-state index is 10.9. The summed E-state index contributed by atoms with van der Waals surface area (Å²) >= 11 is 1.48. The number of nitrogens with one attached hydrogen (secondary N) is 1. The molecule has 6 heteroatoms. The third kappa shape index (κ3) is 3.53. The van der Waals surface area contributed by atoms with Gasteiger partial charge in [0.1, 0.15) is 6.42 Å². The second-order valence-corrected chi connectivity index (χ2v) is 4.01. The van der Waals surface area contributed by atoms with Gasteiger partial charge in [0.15, 0.2) is 0 Å². The molecule has 0 unspecified atom stereocenters. The fraction of sp³-hybridized carbons (Fsp3) is 0.375. The molecule has 14 heavy (non-hydrogen) atoms. The maximum Gasteiger partial charge on any atom is 0.312 e. The molecular formula is C8H10N2O3S. The van der Waals surface area contributed by atoms with Gasteiger partial charge in [-0.05, 0) is 6.92 Å². The van der Waals surface area contributed by atoms with Crippen LogP contribution in [-0.4, -0.2) is 22.0 Å². The minimum Gasteiger partial charge on any atom is -0.481 e.